The van der Waals surface area contributed by atoms with Gasteiger partial charge < -0.3 is 5.32 Å². The van der Waals surface area contributed by atoms with Crippen molar-refractivity contribution in [2.45, 2.75) is 26.3 Å². The number of hydrogen-bond donors (Lipinski definition) is 2. The molecule has 0 aliphatic carbocycles. The highest BCUT2D eigenvalue weighted by Crippen LogP contribution is 2.30. The molecule has 1 rings (SSSR count). The lowest BCUT2D eigenvalue weighted by molar-refractivity contribution is 0.451. The molecule has 0 spiro atoms. The van der Waals surface area contributed by atoms with Gasteiger partial charge in [0.2, 0.25) is 0 Å². The molecule has 8 heteroatoms. The molecule has 2 N–H and O–H groups in total. The van der Waals surface area contributed by atoms with Crippen LogP contribution in [0.1, 0.15) is 20.3 Å². The zero-order valence-electron chi connectivity index (χ0n) is 12.4. The molecule has 0 aliphatic rings. The highest BCUT2D eigenvalue weighted by Gasteiger charge is 2.19. The summed E-state index contributed by atoms with van der Waals surface area (Å²) in [6, 6.07) is 5.19. The molecule has 0 heterocycles. The minimum Gasteiger partial charge on any atom is -0.314 e. The summed E-state index contributed by atoms with van der Waals surface area (Å²) < 4.78 is 28.1. The third kappa shape index (κ3) is 6.00. The second-order valence-corrected chi connectivity index (χ2v) is 7.56. The van der Waals surface area contributed by atoms with Gasteiger partial charge in [-0.25, -0.2) is 0 Å². The molecule has 1 aromatic rings. The molecule has 0 radical (unpaired) electrons. The molecular formula is C13H21Cl2N3O2S. The van der Waals surface area contributed by atoms with Crippen molar-refractivity contribution in [1.29, 1.82) is 0 Å². The monoisotopic (exact) mass is 353 g/mol. The van der Waals surface area contributed by atoms with Crippen LogP contribution < -0.4 is 10.0 Å². The zero-order valence-corrected chi connectivity index (χ0v) is 14.7. The molecule has 0 atom stereocenters. The largest absolute Gasteiger partial charge is 0.314 e. The van der Waals surface area contributed by atoms with E-state index in [2.05, 4.69) is 10.0 Å². The van der Waals surface area contributed by atoms with E-state index in [9.17, 15) is 8.42 Å². The van der Waals surface area contributed by atoms with Crippen LogP contribution in [0.4, 0.5) is 5.69 Å². The Labute approximate surface area is 136 Å². The Balaban J connectivity index is 2.62. The third-order valence-electron chi connectivity index (χ3n) is 2.80. The van der Waals surface area contributed by atoms with E-state index in [-0.39, 0.29) is 10.7 Å². The predicted octanol–water partition coefficient (Wildman–Crippen LogP) is 2.97. The van der Waals surface area contributed by atoms with Crippen LogP contribution in [-0.4, -0.2) is 38.9 Å². The Bertz CT molecular complexity index is 565. The fraction of sp³-hybridized carbons (Fsp3) is 0.538. The van der Waals surface area contributed by atoms with Gasteiger partial charge in [-0.2, -0.15) is 12.7 Å². The molecule has 5 nitrogen and oxygen atoms in total. The molecular weight excluding hydrogens is 333 g/mol. The first kappa shape index (κ1) is 18.5. The first-order chi connectivity index (χ1) is 9.74. The van der Waals surface area contributed by atoms with Crippen molar-refractivity contribution in [2.24, 2.45) is 0 Å². The lowest BCUT2D eigenvalue weighted by Crippen LogP contribution is -2.35. The van der Waals surface area contributed by atoms with Crippen molar-refractivity contribution >= 4 is 39.1 Å². The minimum atomic E-state index is -3.64. The van der Waals surface area contributed by atoms with E-state index in [4.69, 9.17) is 23.2 Å². The van der Waals surface area contributed by atoms with E-state index in [1.807, 2.05) is 13.8 Å². The number of benzene rings is 1. The molecule has 0 unspecified atom stereocenters. The van der Waals surface area contributed by atoms with Crippen LogP contribution in [0.15, 0.2) is 18.2 Å². The van der Waals surface area contributed by atoms with E-state index in [0.29, 0.717) is 17.6 Å². The second-order valence-electron chi connectivity index (χ2n) is 4.99. The number of hydrogen-bond acceptors (Lipinski definition) is 3. The molecule has 1 aromatic carbocycles. The molecule has 0 amide bonds. The Morgan fingerprint density at radius 2 is 1.95 bits per heavy atom. The van der Waals surface area contributed by atoms with Crippen LogP contribution >= 0.6 is 23.2 Å². The molecule has 0 fully saturated rings. The highest BCUT2D eigenvalue weighted by molar-refractivity contribution is 7.90. The second kappa shape index (κ2) is 8.19. The van der Waals surface area contributed by atoms with Crippen LogP contribution in [0.5, 0.6) is 0 Å². The van der Waals surface area contributed by atoms with Crippen LogP contribution in [0, 0.1) is 0 Å². The number of halogens is 2. The molecule has 0 aliphatic heterocycles. The van der Waals surface area contributed by atoms with Gasteiger partial charge >= 0.3 is 10.2 Å². The average Bonchev–Trinajstić information content (AvgIpc) is 2.39. The van der Waals surface area contributed by atoms with Crippen molar-refractivity contribution in [2.75, 3.05) is 24.9 Å². The Kier molecular flexibility index (Phi) is 7.23. The first-order valence-electron chi connectivity index (χ1n) is 6.65. The van der Waals surface area contributed by atoms with E-state index in [1.54, 1.807) is 18.2 Å². The normalized spacial score (nSPS) is 12.1. The molecule has 0 bridgehead atoms. The first-order valence-corrected chi connectivity index (χ1v) is 8.85. The number of rotatable bonds is 8. The SMILES string of the molecule is CC(C)NCCCN(C)S(=O)(=O)Nc1cccc(Cl)c1Cl. The Morgan fingerprint density at radius 1 is 1.29 bits per heavy atom. The van der Waals surface area contributed by atoms with Crippen molar-refractivity contribution in [3.63, 3.8) is 0 Å². The summed E-state index contributed by atoms with van der Waals surface area (Å²) in [5.41, 5.74) is 0.274. The van der Waals surface area contributed by atoms with Gasteiger partial charge in [-0.1, -0.05) is 43.1 Å². The van der Waals surface area contributed by atoms with Gasteiger partial charge in [-0.3, -0.25) is 4.72 Å². The maximum atomic E-state index is 12.2. The Morgan fingerprint density at radius 3 is 2.57 bits per heavy atom. The van der Waals surface area contributed by atoms with Crippen LogP contribution in [-0.2, 0) is 10.2 Å². The van der Waals surface area contributed by atoms with Gasteiger partial charge in [0.05, 0.1) is 15.7 Å². The summed E-state index contributed by atoms with van der Waals surface area (Å²) >= 11 is 11.8. The zero-order chi connectivity index (χ0) is 16.0. The van der Waals surface area contributed by atoms with Gasteiger partial charge in [-0.15, -0.1) is 0 Å². The lowest BCUT2D eigenvalue weighted by atomic mass is 10.3. The molecule has 120 valence electrons. The highest BCUT2D eigenvalue weighted by atomic mass is 35.5. The standard InChI is InChI=1S/C13H21Cl2N3O2S/c1-10(2)16-8-5-9-18(3)21(19,20)17-12-7-4-6-11(14)13(12)15/h4,6-7,10,16-17H,5,8-9H2,1-3H3. The fourth-order valence-electron chi connectivity index (χ4n) is 1.61. The van der Waals surface area contributed by atoms with Gasteiger partial charge in [0, 0.05) is 19.6 Å². The summed E-state index contributed by atoms with van der Waals surface area (Å²) in [6.45, 7) is 5.26. The number of nitrogens with one attached hydrogen (secondary N) is 2. The fourth-order valence-corrected chi connectivity index (χ4v) is 2.99. The van der Waals surface area contributed by atoms with E-state index in [0.717, 1.165) is 13.0 Å². The van der Waals surface area contributed by atoms with E-state index in [1.165, 1.54) is 11.4 Å². The van der Waals surface area contributed by atoms with Gasteiger partial charge in [-0.05, 0) is 25.1 Å². The van der Waals surface area contributed by atoms with E-state index < -0.39 is 10.2 Å². The Hall–Kier alpha value is -0.530. The topological polar surface area (TPSA) is 61.4 Å². The maximum absolute atomic E-state index is 12.2. The summed E-state index contributed by atoms with van der Waals surface area (Å²) in [6.07, 6.45) is 0.721. The van der Waals surface area contributed by atoms with Gasteiger partial charge in [0.25, 0.3) is 0 Å². The van der Waals surface area contributed by atoms with Crippen molar-refractivity contribution in [3.8, 4) is 0 Å². The third-order valence-corrected chi connectivity index (χ3v) is 5.10. The van der Waals surface area contributed by atoms with Crippen molar-refractivity contribution in [1.82, 2.24) is 9.62 Å². The molecule has 21 heavy (non-hydrogen) atoms. The van der Waals surface area contributed by atoms with Crippen molar-refractivity contribution < 1.29 is 8.42 Å². The minimum absolute atomic E-state index is 0.192. The number of nitrogens with zero attached hydrogens (tertiary/aromatic N) is 1. The van der Waals surface area contributed by atoms with Crippen LogP contribution in [0.3, 0.4) is 0 Å². The lowest BCUT2D eigenvalue weighted by Gasteiger charge is -2.19. The van der Waals surface area contributed by atoms with Gasteiger partial charge in [0.1, 0.15) is 0 Å². The van der Waals surface area contributed by atoms with Crippen molar-refractivity contribution in [3.05, 3.63) is 28.2 Å². The smallest absolute Gasteiger partial charge is 0.301 e. The quantitative estimate of drug-likeness (QED) is 0.706. The maximum Gasteiger partial charge on any atom is 0.301 e. The summed E-state index contributed by atoms with van der Waals surface area (Å²) in [5.74, 6) is 0. The summed E-state index contributed by atoms with van der Waals surface area (Å²) in [7, 11) is -2.12. The van der Waals surface area contributed by atoms with Crippen LogP contribution in [0.25, 0.3) is 0 Å². The summed E-state index contributed by atoms with van der Waals surface area (Å²) in [5, 5.41) is 3.74. The molecule has 0 saturated carbocycles. The molecule has 0 saturated heterocycles. The average molecular weight is 354 g/mol. The predicted molar refractivity (Wildman–Crippen MR) is 89.4 cm³/mol. The van der Waals surface area contributed by atoms with Gasteiger partial charge in [0.15, 0.2) is 0 Å². The summed E-state index contributed by atoms with van der Waals surface area (Å²) in [4.78, 5) is 0. The molecule has 0 aromatic heterocycles. The number of anilines is 1. The van der Waals surface area contributed by atoms with Crippen LogP contribution in [0.2, 0.25) is 10.0 Å². The van der Waals surface area contributed by atoms with E-state index >= 15 is 0 Å².